The minimum absolute atomic E-state index is 0.539. The Morgan fingerprint density at radius 2 is 2.35 bits per heavy atom. The highest BCUT2D eigenvalue weighted by Crippen LogP contribution is 2.23. The summed E-state index contributed by atoms with van der Waals surface area (Å²) in [5, 5.41) is 6.66. The fourth-order valence-electron chi connectivity index (χ4n) is 1.57. The van der Waals surface area contributed by atoms with Gasteiger partial charge < -0.3 is 14.8 Å². The zero-order valence-corrected chi connectivity index (χ0v) is 12.7. The number of hydrogen-bond donors (Lipinski definition) is 1. The van der Waals surface area contributed by atoms with Crippen LogP contribution in [0.5, 0.6) is 5.75 Å². The maximum Gasteiger partial charge on any atom is 0.182 e. The van der Waals surface area contributed by atoms with Gasteiger partial charge in [-0.1, -0.05) is 17.7 Å². The van der Waals surface area contributed by atoms with Crippen molar-refractivity contribution < 1.29 is 9.47 Å². The number of methoxy groups -OCH3 is 1. The minimum atomic E-state index is 0.539. The van der Waals surface area contributed by atoms with E-state index in [0.29, 0.717) is 24.8 Å². The molecule has 0 aliphatic rings. The maximum atomic E-state index is 6.17. The van der Waals surface area contributed by atoms with Crippen molar-refractivity contribution in [2.75, 3.05) is 32.2 Å². The van der Waals surface area contributed by atoms with Crippen LogP contribution in [-0.2, 0) is 4.74 Å². The van der Waals surface area contributed by atoms with E-state index in [1.165, 1.54) is 0 Å². The number of aromatic nitrogens is 1. The predicted molar refractivity (Wildman–Crippen MR) is 82.8 cm³/mol. The molecule has 0 fully saturated rings. The van der Waals surface area contributed by atoms with Gasteiger partial charge in [0.2, 0.25) is 0 Å². The van der Waals surface area contributed by atoms with E-state index < -0.39 is 0 Å². The Balaban J connectivity index is 1.76. The molecule has 0 spiro atoms. The second-order valence-electron chi connectivity index (χ2n) is 3.96. The first kappa shape index (κ1) is 15.1. The first-order valence-electron chi connectivity index (χ1n) is 6.17. The zero-order valence-electron chi connectivity index (χ0n) is 11.1. The Hall–Kier alpha value is -1.30. The molecular weight excluding hydrogens is 296 g/mol. The largest absolute Gasteiger partial charge is 0.492 e. The molecule has 0 bridgehead atoms. The van der Waals surface area contributed by atoms with Gasteiger partial charge in [-0.2, -0.15) is 0 Å². The van der Waals surface area contributed by atoms with Crippen molar-refractivity contribution in [3.05, 3.63) is 46.8 Å². The second-order valence-corrected chi connectivity index (χ2v) is 5.26. The quantitative estimate of drug-likeness (QED) is 0.758. The summed E-state index contributed by atoms with van der Waals surface area (Å²) in [5.41, 5.74) is 0.946. The third-order valence-corrected chi connectivity index (χ3v) is 3.58. The Morgan fingerprint density at radius 3 is 3.05 bits per heavy atom. The fraction of sp³-hybridized carbons (Fsp3) is 0.286. The van der Waals surface area contributed by atoms with E-state index in [2.05, 4.69) is 10.3 Å². The Morgan fingerprint density at radius 1 is 1.45 bits per heavy atom. The Kier molecular flexibility index (Phi) is 6.11. The molecule has 1 aromatic heterocycles. The number of rotatable bonds is 8. The van der Waals surface area contributed by atoms with Crippen molar-refractivity contribution in [1.29, 1.82) is 0 Å². The van der Waals surface area contributed by atoms with Crippen molar-refractivity contribution >= 4 is 28.1 Å². The first-order chi connectivity index (χ1) is 9.79. The molecule has 20 heavy (non-hydrogen) atoms. The summed E-state index contributed by atoms with van der Waals surface area (Å²) in [5.74, 6) is 0.755. The maximum absolute atomic E-state index is 6.17. The van der Waals surface area contributed by atoms with Gasteiger partial charge in [0.15, 0.2) is 5.13 Å². The molecule has 0 aliphatic carbocycles. The summed E-state index contributed by atoms with van der Waals surface area (Å²) >= 11 is 7.73. The Labute approximate surface area is 127 Å². The third-order valence-electron chi connectivity index (χ3n) is 2.52. The first-order valence-corrected chi connectivity index (χ1v) is 7.43. The van der Waals surface area contributed by atoms with Gasteiger partial charge >= 0.3 is 0 Å². The van der Waals surface area contributed by atoms with Gasteiger partial charge in [-0.3, -0.25) is 0 Å². The molecule has 0 atom stereocenters. The smallest absolute Gasteiger partial charge is 0.182 e. The average Bonchev–Trinajstić information content (AvgIpc) is 2.96. The molecule has 1 N–H and O–H groups in total. The molecular formula is C14H16ClN2O2S. The van der Waals surface area contributed by atoms with Crippen LogP contribution in [0.15, 0.2) is 29.8 Å². The van der Waals surface area contributed by atoms with Crippen LogP contribution in [0, 0.1) is 6.42 Å². The van der Waals surface area contributed by atoms with Gasteiger partial charge in [0, 0.05) is 30.1 Å². The number of nitrogens with zero attached hydrogens (tertiary/aromatic N) is 1. The van der Waals surface area contributed by atoms with Gasteiger partial charge in [-0.15, -0.1) is 11.3 Å². The summed E-state index contributed by atoms with van der Waals surface area (Å²) in [6, 6.07) is 5.63. The van der Waals surface area contributed by atoms with Gasteiger partial charge in [0.25, 0.3) is 0 Å². The van der Waals surface area contributed by atoms with Crippen LogP contribution in [0.3, 0.4) is 0 Å². The zero-order chi connectivity index (χ0) is 14.2. The predicted octanol–water partition coefficient (Wildman–Crippen LogP) is 3.49. The second kappa shape index (κ2) is 8.09. The summed E-state index contributed by atoms with van der Waals surface area (Å²) in [7, 11) is 1.65. The number of thiazole rings is 1. The van der Waals surface area contributed by atoms with Crippen LogP contribution < -0.4 is 10.1 Å². The van der Waals surface area contributed by atoms with Crippen molar-refractivity contribution in [2.24, 2.45) is 0 Å². The summed E-state index contributed by atoms with van der Waals surface area (Å²) in [6.07, 6.45) is 3.69. The van der Waals surface area contributed by atoms with Gasteiger partial charge in [0.05, 0.1) is 13.2 Å². The molecule has 0 saturated carbocycles. The molecule has 0 saturated heterocycles. The standard InChI is InChI=1S/C14H16ClN2O2S/c1-18-7-4-11-2-3-12(10-13(11)15)19-8-5-16-14-17-6-9-20-14/h2-4,6,9-10H,5,7-8H2,1H3,(H,16,17). The molecule has 0 unspecified atom stereocenters. The van der Waals surface area contributed by atoms with Crippen molar-refractivity contribution in [3.63, 3.8) is 0 Å². The van der Waals surface area contributed by atoms with E-state index in [1.54, 1.807) is 24.6 Å². The van der Waals surface area contributed by atoms with Crippen molar-refractivity contribution in [1.82, 2.24) is 4.98 Å². The van der Waals surface area contributed by atoms with E-state index in [9.17, 15) is 0 Å². The SMILES string of the molecule is COC[CH]c1ccc(OCCNc2nccs2)cc1Cl. The summed E-state index contributed by atoms with van der Waals surface area (Å²) in [4.78, 5) is 4.13. The summed E-state index contributed by atoms with van der Waals surface area (Å²) < 4.78 is 10.6. The lowest BCUT2D eigenvalue weighted by Crippen LogP contribution is -2.11. The van der Waals surface area contributed by atoms with Crippen LogP contribution in [0.1, 0.15) is 5.56 Å². The van der Waals surface area contributed by atoms with E-state index >= 15 is 0 Å². The summed E-state index contributed by atoms with van der Waals surface area (Å²) in [6.45, 7) is 1.79. The van der Waals surface area contributed by atoms with Crippen LogP contribution in [0.2, 0.25) is 5.02 Å². The van der Waals surface area contributed by atoms with E-state index in [-0.39, 0.29) is 0 Å². The van der Waals surface area contributed by atoms with Crippen LogP contribution in [-0.4, -0.2) is 31.9 Å². The van der Waals surface area contributed by atoms with Crippen LogP contribution in [0.25, 0.3) is 0 Å². The number of ether oxygens (including phenoxy) is 2. The topological polar surface area (TPSA) is 43.4 Å². The highest BCUT2D eigenvalue weighted by atomic mass is 35.5. The number of hydrogen-bond acceptors (Lipinski definition) is 5. The van der Waals surface area contributed by atoms with Gasteiger partial charge in [-0.25, -0.2) is 4.98 Å². The molecule has 1 heterocycles. The molecule has 0 amide bonds. The van der Waals surface area contributed by atoms with Crippen molar-refractivity contribution in [2.45, 2.75) is 0 Å². The van der Waals surface area contributed by atoms with E-state index in [1.807, 2.05) is 30.0 Å². The molecule has 1 radical (unpaired) electrons. The number of anilines is 1. The van der Waals surface area contributed by atoms with Crippen LogP contribution in [0.4, 0.5) is 5.13 Å². The number of nitrogens with one attached hydrogen (secondary N) is 1. The normalized spacial score (nSPS) is 10.5. The molecule has 2 rings (SSSR count). The highest BCUT2D eigenvalue weighted by Gasteiger charge is 2.03. The highest BCUT2D eigenvalue weighted by molar-refractivity contribution is 7.13. The third kappa shape index (κ3) is 4.67. The number of benzene rings is 1. The molecule has 107 valence electrons. The van der Waals surface area contributed by atoms with E-state index in [0.717, 1.165) is 16.4 Å². The Bertz CT molecular complexity index is 520. The van der Waals surface area contributed by atoms with Crippen LogP contribution >= 0.6 is 22.9 Å². The molecule has 6 heteroatoms. The molecule has 0 aliphatic heterocycles. The molecule has 1 aromatic carbocycles. The average molecular weight is 312 g/mol. The van der Waals surface area contributed by atoms with Gasteiger partial charge in [-0.05, 0) is 17.7 Å². The fourth-order valence-corrected chi connectivity index (χ4v) is 2.38. The molecule has 4 nitrogen and oxygen atoms in total. The van der Waals surface area contributed by atoms with Crippen molar-refractivity contribution in [3.8, 4) is 5.75 Å². The minimum Gasteiger partial charge on any atom is -0.492 e. The monoisotopic (exact) mass is 311 g/mol. The lowest BCUT2D eigenvalue weighted by Gasteiger charge is -2.09. The van der Waals surface area contributed by atoms with Gasteiger partial charge in [0.1, 0.15) is 12.4 Å². The van der Waals surface area contributed by atoms with E-state index in [4.69, 9.17) is 21.1 Å². The lowest BCUT2D eigenvalue weighted by atomic mass is 10.1. The lowest BCUT2D eigenvalue weighted by molar-refractivity contribution is 0.225. The molecule has 2 aromatic rings. The number of halogens is 1.